The first-order valence-electron chi connectivity index (χ1n) is 9.96. The lowest BCUT2D eigenvalue weighted by Crippen LogP contribution is -2.31. The minimum Gasteiger partial charge on any atom is -0.374 e. The van der Waals surface area contributed by atoms with Crippen LogP contribution in [0.25, 0.3) is 0 Å². The molecule has 30 heavy (non-hydrogen) atoms. The van der Waals surface area contributed by atoms with E-state index < -0.39 is 21.7 Å². The summed E-state index contributed by atoms with van der Waals surface area (Å²) in [5.74, 6) is -1.45. The van der Waals surface area contributed by atoms with Crippen LogP contribution in [-0.4, -0.2) is 37.8 Å². The SMILES string of the molecule is CCN(CC)S(=O)(=O)c1ccc(F)c(C(=O)NCc2ccccc2COC(C)C)c1. The van der Waals surface area contributed by atoms with Crippen molar-refractivity contribution in [3.63, 3.8) is 0 Å². The number of sulfonamides is 1. The van der Waals surface area contributed by atoms with Crippen LogP contribution >= 0.6 is 0 Å². The van der Waals surface area contributed by atoms with E-state index in [4.69, 9.17) is 4.74 Å². The first kappa shape index (κ1) is 24.0. The van der Waals surface area contributed by atoms with Crippen LogP contribution in [0.15, 0.2) is 47.4 Å². The molecule has 1 N–H and O–H groups in total. The number of hydrogen-bond acceptors (Lipinski definition) is 4. The third-order valence-corrected chi connectivity index (χ3v) is 6.70. The van der Waals surface area contributed by atoms with Crippen LogP contribution < -0.4 is 5.32 Å². The molecule has 2 rings (SSSR count). The van der Waals surface area contributed by atoms with E-state index in [0.29, 0.717) is 6.61 Å². The van der Waals surface area contributed by atoms with E-state index in [1.165, 1.54) is 10.4 Å². The van der Waals surface area contributed by atoms with Gasteiger partial charge in [0.05, 0.1) is 23.2 Å². The van der Waals surface area contributed by atoms with Crippen molar-refractivity contribution in [2.75, 3.05) is 13.1 Å². The van der Waals surface area contributed by atoms with Gasteiger partial charge in [-0.05, 0) is 43.2 Å². The first-order chi connectivity index (χ1) is 14.2. The Labute approximate surface area is 178 Å². The van der Waals surface area contributed by atoms with Gasteiger partial charge in [0.1, 0.15) is 5.82 Å². The summed E-state index contributed by atoms with van der Waals surface area (Å²) in [4.78, 5) is 12.5. The molecule has 2 aromatic rings. The molecule has 0 unspecified atom stereocenters. The molecule has 0 atom stereocenters. The second-order valence-electron chi connectivity index (χ2n) is 7.04. The molecule has 8 heteroatoms. The Bertz CT molecular complexity index is 973. The smallest absolute Gasteiger partial charge is 0.254 e. The van der Waals surface area contributed by atoms with E-state index >= 15 is 0 Å². The molecule has 2 aromatic carbocycles. The highest BCUT2D eigenvalue weighted by Gasteiger charge is 2.24. The van der Waals surface area contributed by atoms with Gasteiger partial charge in [0.15, 0.2) is 0 Å². The van der Waals surface area contributed by atoms with Gasteiger partial charge in [0.25, 0.3) is 5.91 Å². The Morgan fingerprint density at radius 1 is 1.10 bits per heavy atom. The molecule has 6 nitrogen and oxygen atoms in total. The third kappa shape index (κ3) is 5.87. The van der Waals surface area contributed by atoms with Gasteiger partial charge in [0, 0.05) is 19.6 Å². The molecule has 0 radical (unpaired) electrons. The molecule has 0 bridgehead atoms. The summed E-state index contributed by atoms with van der Waals surface area (Å²) in [6, 6.07) is 10.8. The number of rotatable bonds is 10. The van der Waals surface area contributed by atoms with Gasteiger partial charge in [-0.2, -0.15) is 4.31 Å². The maximum atomic E-state index is 14.3. The first-order valence-corrected chi connectivity index (χ1v) is 11.4. The Morgan fingerprint density at radius 2 is 1.73 bits per heavy atom. The highest BCUT2D eigenvalue weighted by atomic mass is 32.2. The minimum atomic E-state index is -3.79. The van der Waals surface area contributed by atoms with Crippen molar-refractivity contribution in [1.29, 1.82) is 0 Å². The molecule has 0 heterocycles. The highest BCUT2D eigenvalue weighted by Crippen LogP contribution is 2.20. The largest absolute Gasteiger partial charge is 0.374 e. The molecule has 164 valence electrons. The maximum Gasteiger partial charge on any atom is 0.254 e. The quantitative estimate of drug-likeness (QED) is 0.616. The Morgan fingerprint density at radius 3 is 2.33 bits per heavy atom. The average molecular weight is 437 g/mol. The summed E-state index contributed by atoms with van der Waals surface area (Å²) in [6.45, 7) is 8.45. The Balaban J connectivity index is 2.21. The zero-order valence-corrected chi connectivity index (χ0v) is 18.6. The lowest BCUT2D eigenvalue weighted by atomic mass is 10.1. The molecule has 0 aliphatic heterocycles. The van der Waals surface area contributed by atoms with E-state index in [1.54, 1.807) is 13.8 Å². The average Bonchev–Trinajstić information content (AvgIpc) is 2.71. The predicted octanol–water partition coefficient (Wildman–Crippen LogP) is 3.71. The molecule has 1 amide bonds. The van der Waals surface area contributed by atoms with E-state index in [9.17, 15) is 17.6 Å². The van der Waals surface area contributed by atoms with Gasteiger partial charge in [-0.1, -0.05) is 38.1 Å². The summed E-state index contributed by atoms with van der Waals surface area (Å²) in [5, 5.41) is 2.68. The van der Waals surface area contributed by atoms with Gasteiger partial charge in [-0.15, -0.1) is 0 Å². The maximum absolute atomic E-state index is 14.3. The van der Waals surface area contributed by atoms with Gasteiger partial charge in [0.2, 0.25) is 10.0 Å². The number of carbonyl (C=O) groups is 1. The standard InChI is InChI=1S/C22H29FN2O4S/c1-5-25(6-2)30(27,28)19-11-12-21(23)20(13-19)22(26)24-14-17-9-7-8-10-18(17)15-29-16(3)4/h7-13,16H,5-6,14-15H2,1-4H3,(H,24,26). The van der Waals surface area contributed by atoms with Crippen LogP contribution in [0.4, 0.5) is 4.39 Å². The fraction of sp³-hybridized carbons (Fsp3) is 0.409. The summed E-state index contributed by atoms with van der Waals surface area (Å²) in [7, 11) is -3.79. The van der Waals surface area contributed by atoms with Crippen LogP contribution in [0, 0.1) is 5.82 Å². The van der Waals surface area contributed by atoms with Crippen molar-refractivity contribution in [3.05, 3.63) is 65.0 Å². The molecule has 0 spiro atoms. The van der Waals surface area contributed by atoms with Gasteiger partial charge >= 0.3 is 0 Å². The minimum absolute atomic E-state index is 0.0669. The van der Waals surface area contributed by atoms with Gasteiger partial charge < -0.3 is 10.1 Å². The number of amides is 1. The fourth-order valence-electron chi connectivity index (χ4n) is 2.95. The highest BCUT2D eigenvalue weighted by molar-refractivity contribution is 7.89. The molecule has 0 aliphatic carbocycles. The van der Waals surface area contributed by atoms with Crippen molar-refractivity contribution in [2.24, 2.45) is 0 Å². The van der Waals surface area contributed by atoms with Crippen molar-refractivity contribution in [1.82, 2.24) is 9.62 Å². The van der Waals surface area contributed by atoms with Crippen LogP contribution in [0.1, 0.15) is 49.2 Å². The molecule has 0 saturated carbocycles. The number of carbonyl (C=O) groups excluding carboxylic acids is 1. The Hall–Kier alpha value is -2.29. The molecular formula is C22H29FN2O4S. The van der Waals surface area contributed by atoms with Crippen molar-refractivity contribution < 1.29 is 22.3 Å². The lowest BCUT2D eigenvalue weighted by molar-refractivity contribution is 0.0651. The number of halogens is 1. The molecular weight excluding hydrogens is 407 g/mol. The van der Waals surface area contributed by atoms with Crippen LogP contribution in [-0.2, 0) is 27.9 Å². The van der Waals surface area contributed by atoms with Gasteiger partial charge in [-0.25, -0.2) is 12.8 Å². The summed E-state index contributed by atoms with van der Waals surface area (Å²) in [6.07, 6.45) is 0.0669. The number of nitrogens with zero attached hydrogens (tertiary/aromatic N) is 1. The van der Waals surface area contributed by atoms with Crippen LogP contribution in [0.5, 0.6) is 0 Å². The molecule has 0 aliphatic rings. The van der Waals surface area contributed by atoms with Crippen molar-refractivity contribution >= 4 is 15.9 Å². The zero-order valence-electron chi connectivity index (χ0n) is 17.8. The monoisotopic (exact) mass is 436 g/mol. The number of nitrogens with one attached hydrogen (secondary N) is 1. The zero-order chi connectivity index (χ0) is 22.3. The second kappa shape index (κ2) is 10.7. The fourth-order valence-corrected chi connectivity index (χ4v) is 4.43. The van der Waals surface area contributed by atoms with E-state index in [0.717, 1.165) is 23.3 Å². The lowest BCUT2D eigenvalue weighted by Gasteiger charge is -2.19. The van der Waals surface area contributed by atoms with Crippen molar-refractivity contribution in [3.8, 4) is 0 Å². The van der Waals surface area contributed by atoms with Crippen molar-refractivity contribution in [2.45, 2.75) is 51.8 Å². The summed E-state index contributed by atoms with van der Waals surface area (Å²) < 4.78 is 46.6. The number of benzene rings is 2. The third-order valence-electron chi connectivity index (χ3n) is 4.66. The number of ether oxygens (including phenoxy) is 1. The summed E-state index contributed by atoms with van der Waals surface area (Å²) in [5.41, 5.74) is 1.46. The summed E-state index contributed by atoms with van der Waals surface area (Å²) >= 11 is 0. The molecule has 0 fully saturated rings. The van der Waals surface area contributed by atoms with Crippen LogP contribution in [0.3, 0.4) is 0 Å². The van der Waals surface area contributed by atoms with Gasteiger partial charge in [-0.3, -0.25) is 4.79 Å². The van der Waals surface area contributed by atoms with Crippen LogP contribution in [0.2, 0.25) is 0 Å². The van der Waals surface area contributed by atoms with E-state index in [1.807, 2.05) is 38.1 Å². The van der Waals surface area contributed by atoms with E-state index in [-0.39, 0.29) is 36.2 Å². The second-order valence-corrected chi connectivity index (χ2v) is 8.98. The molecule has 0 saturated heterocycles. The number of hydrogen-bond donors (Lipinski definition) is 1. The predicted molar refractivity (Wildman–Crippen MR) is 114 cm³/mol. The Kier molecular flexibility index (Phi) is 8.52. The topological polar surface area (TPSA) is 75.7 Å². The molecule has 0 aromatic heterocycles. The normalized spacial score (nSPS) is 11.8. The van der Waals surface area contributed by atoms with E-state index in [2.05, 4.69) is 5.32 Å².